The molecule has 0 bridgehead atoms. The summed E-state index contributed by atoms with van der Waals surface area (Å²) >= 11 is 6.14. The number of fused-ring (bicyclic) bond motifs is 1. The molecule has 1 atom stereocenters. The van der Waals surface area contributed by atoms with Crippen LogP contribution in [0.4, 0.5) is 32.0 Å². The van der Waals surface area contributed by atoms with Crippen molar-refractivity contribution in [1.29, 1.82) is 0 Å². The van der Waals surface area contributed by atoms with Gasteiger partial charge in [0.2, 0.25) is 6.10 Å². The Balaban J connectivity index is 1.67. The van der Waals surface area contributed by atoms with Crippen LogP contribution in [0.5, 0.6) is 17.2 Å². The molecule has 1 aliphatic heterocycles. The fourth-order valence-corrected chi connectivity index (χ4v) is 4.04. The maximum absolute atomic E-state index is 13.7. The van der Waals surface area contributed by atoms with Crippen molar-refractivity contribution in [1.82, 2.24) is 0 Å². The number of benzene rings is 3. The van der Waals surface area contributed by atoms with Gasteiger partial charge in [-0.25, -0.2) is 0 Å². The van der Waals surface area contributed by atoms with Crippen LogP contribution in [0.1, 0.15) is 23.6 Å². The number of ether oxygens (including phenoxy) is 2. The quantitative estimate of drug-likeness (QED) is 0.328. The van der Waals surface area contributed by atoms with E-state index in [0.717, 1.165) is 17.7 Å². The molecule has 3 nitrogen and oxygen atoms in total. The Labute approximate surface area is 202 Å². The number of nitrogens with zero attached hydrogens (tertiary/aromatic N) is 1. The average Bonchev–Trinajstić information content (AvgIpc) is 2.99. The molecule has 0 aromatic heterocycles. The van der Waals surface area contributed by atoms with E-state index in [-0.39, 0.29) is 17.9 Å². The molecular formula is C25H20ClF6NO2. The van der Waals surface area contributed by atoms with Gasteiger partial charge in [-0.2, -0.15) is 26.3 Å². The van der Waals surface area contributed by atoms with Gasteiger partial charge in [0.05, 0.1) is 12.1 Å². The number of anilines is 1. The second-order valence-electron chi connectivity index (χ2n) is 8.06. The second-order valence-corrected chi connectivity index (χ2v) is 8.46. The highest BCUT2D eigenvalue weighted by atomic mass is 35.5. The van der Waals surface area contributed by atoms with Crippen LogP contribution in [0.25, 0.3) is 0 Å². The largest absolute Gasteiger partial charge is 0.479 e. The van der Waals surface area contributed by atoms with E-state index >= 15 is 0 Å². The maximum Gasteiger partial charge on any atom is 0.427 e. The van der Waals surface area contributed by atoms with Gasteiger partial charge >= 0.3 is 12.4 Å². The topological polar surface area (TPSA) is 21.7 Å². The fourth-order valence-electron chi connectivity index (χ4n) is 3.79. The van der Waals surface area contributed by atoms with Crippen molar-refractivity contribution in [2.45, 2.75) is 38.3 Å². The molecule has 1 heterocycles. The van der Waals surface area contributed by atoms with E-state index in [2.05, 4.69) is 0 Å². The molecule has 1 unspecified atom stereocenters. The van der Waals surface area contributed by atoms with E-state index in [1.54, 1.807) is 36.4 Å². The highest BCUT2D eigenvalue weighted by Gasteiger charge is 2.45. The summed E-state index contributed by atoms with van der Waals surface area (Å²) in [5, 5.41) is 0.591. The summed E-state index contributed by atoms with van der Waals surface area (Å²) in [6, 6.07) is 13.9. The lowest BCUT2D eigenvalue weighted by atomic mass is 10.1. The third kappa shape index (κ3) is 5.78. The Kier molecular flexibility index (Phi) is 6.81. The molecule has 3 aromatic rings. The minimum atomic E-state index is -4.73. The van der Waals surface area contributed by atoms with Gasteiger partial charge in [-0.3, -0.25) is 0 Å². The van der Waals surface area contributed by atoms with Crippen LogP contribution in [-0.4, -0.2) is 18.8 Å². The molecule has 35 heavy (non-hydrogen) atoms. The Morgan fingerprint density at radius 1 is 0.971 bits per heavy atom. The SMILES string of the molecule is CCc1cc(Oc2cccc(N3Cc4cc(C(F)(F)F)ccc4OC(C(F)(F)F)C3)c2)ccc1Cl. The summed E-state index contributed by atoms with van der Waals surface area (Å²) in [7, 11) is 0. The Hall–Kier alpha value is -3.07. The van der Waals surface area contributed by atoms with E-state index in [4.69, 9.17) is 21.1 Å². The van der Waals surface area contributed by atoms with Gasteiger partial charge < -0.3 is 14.4 Å². The van der Waals surface area contributed by atoms with Crippen LogP contribution < -0.4 is 14.4 Å². The molecule has 0 saturated carbocycles. The Morgan fingerprint density at radius 2 is 1.71 bits per heavy atom. The van der Waals surface area contributed by atoms with Crippen LogP contribution in [0.2, 0.25) is 5.02 Å². The summed E-state index contributed by atoms with van der Waals surface area (Å²) in [6.45, 7) is 1.12. The first kappa shape index (κ1) is 25.0. The van der Waals surface area contributed by atoms with Gasteiger partial charge in [0.15, 0.2) is 0 Å². The molecule has 0 radical (unpaired) electrons. The van der Waals surface area contributed by atoms with Crippen molar-refractivity contribution in [2.24, 2.45) is 0 Å². The standard InChI is InChI=1S/C25H20ClF6NO2/c1-2-15-11-20(7-8-21(15)26)34-19-5-3-4-18(12-19)33-13-16-10-17(24(27,28)29)6-9-22(16)35-23(14-33)25(30,31)32/h3-12,23H,2,13-14H2,1H3. The van der Waals surface area contributed by atoms with E-state index in [1.807, 2.05) is 6.92 Å². The summed E-state index contributed by atoms with van der Waals surface area (Å²) in [5.41, 5.74) is 0.255. The maximum atomic E-state index is 13.7. The van der Waals surface area contributed by atoms with Gasteiger partial charge in [-0.05, 0) is 60.5 Å². The van der Waals surface area contributed by atoms with Crippen molar-refractivity contribution >= 4 is 17.3 Å². The van der Waals surface area contributed by atoms with E-state index < -0.39 is 30.6 Å². The summed E-state index contributed by atoms with van der Waals surface area (Å²) in [4.78, 5) is 1.33. The molecule has 4 rings (SSSR count). The van der Waals surface area contributed by atoms with Crippen molar-refractivity contribution in [3.8, 4) is 17.2 Å². The highest BCUT2D eigenvalue weighted by molar-refractivity contribution is 6.31. The predicted molar refractivity (Wildman–Crippen MR) is 120 cm³/mol. The first-order valence-electron chi connectivity index (χ1n) is 10.7. The Bertz CT molecular complexity index is 1210. The van der Waals surface area contributed by atoms with Gasteiger partial charge in [0.25, 0.3) is 0 Å². The third-order valence-electron chi connectivity index (χ3n) is 5.59. The number of halogens is 7. The number of alkyl halides is 6. The van der Waals surface area contributed by atoms with Crippen LogP contribution in [0.3, 0.4) is 0 Å². The highest BCUT2D eigenvalue weighted by Crippen LogP contribution is 2.38. The summed E-state index contributed by atoms with van der Waals surface area (Å²) in [5.74, 6) is 0.615. The molecule has 0 fully saturated rings. The van der Waals surface area contributed by atoms with Gasteiger partial charge in [0.1, 0.15) is 17.2 Å². The van der Waals surface area contributed by atoms with Crippen LogP contribution in [0, 0.1) is 0 Å². The van der Waals surface area contributed by atoms with Crippen LogP contribution in [0.15, 0.2) is 60.7 Å². The molecule has 0 N–H and O–H groups in total. The van der Waals surface area contributed by atoms with Crippen molar-refractivity contribution in [2.75, 3.05) is 11.4 Å². The van der Waals surface area contributed by atoms with Gasteiger partial charge in [0, 0.05) is 28.9 Å². The minimum Gasteiger partial charge on any atom is -0.479 e. The van der Waals surface area contributed by atoms with Crippen molar-refractivity contribution in [3.63, 3.8) is 0 Å². The molecule has 0 aliphatic carbocycles. The number of hydrogen-bond acceptors (Lipinski definition) is 3. The number of hydrogen-bond donors (Lipinski definition) is 0. The lowest BCUT2D eigenvalue weighted by Crippen LogP contribution is -2.43. The summed E-state index contributed by atoms with van der Waals surface area (Å²) < 4.78 is 91.7. The lowest BCUT2D eigenvalue weighted by molar-refractivity contribution is -0.191. The normalized spacial score (nSPS) is 16.3. The van der Waals surface area contributed by atoms with Gasteiger partial charge in [-0.15, -0.1) is 0 Å². The molecule has 0 amide bonds. The zero-order valence-corrected chi connectivity index (χ0v) is 19.1. The number of aryl methyl sites for hydroxylation is 1. The first-order chi connectivity index (χ1) is 16.4. The molecule has 3 aromatic carbocycles. The van der Waals surface area contributed by atoms with Crippen molar-refractivity contribution < 1.29 is 35.8 Å². The van der Waals surface area contributed by atoms with Crippen LogP contribution >= 0.6 is 11.6 Å². The zero-order valence-electron chi connectivity index (χ0n) is 18.4. The fraction of sp³-hybridized carbons (Fsp3) is 0.280. The molecule has 186 valence electrons. The first-order valence-corrected chi connectivity index (χ1v) is 11.1. The molecule has 10 heteroatoms. The average molecular weight is 516 g/mol. The van der Waals surface area contributed by atoms with Crippen molar-refractivity contribution in [3.05, 3.63) is 82.4 Å². The number of rotatable bonds is 4. The lowest BCUT2D eigenvalue weighted by Gasteiger charge is -2.27. The van der Waals surface area contributed by atoms with Crippen LogP contribution in [-0.2, 0) is 19.1 Å². The van der Waals surface area contributed by atoms with E-state index in [9.17, 15) is 26.3 Å². The van der Waals surface area contributed by atoms with Gasteiger partial charge in [-0.1, -0.05) is 24.6 Å². The smallest absolute Gasteiger partial charge is 0.427 e. The Morgan fingerprint density at radius 3 is 2.40 bits per heavy atom. The zero-order chi connectivity index (χ0) is 25.4. The summed E-state index contributed by atoms with van der Waals surface area (Å²) in [6.07, 6.45) is -10.9. The molecule has 0 saturated heterocycles. The third-order valence-corrected chi connectivity index (χ3v) is 5.95. The second kappa shape index (κ2) is 9.53. The minimum absolute atomic E-state index is 0.00295. The monoisotopic (exact) mass is 515 g/mol. The van der Waals surface area contributed by atoms with E-state index in [0.29, 0.717) is 34.7 Å². The molecule has 0 spiro atoms. The molecular weight excluding hydrogens is 496 g/mol. The van der Waals surface area contributed by atoms with E-state index in [1.165, 1.54) is 11.0 Å². The predicted octanol–water partition coefficient (Wildman–Crippen LogP) is 8.04. The molecule has 1 aliphatic rings.